The minimum absolute atomic E-state index is 0.172. The highest BCUT2D eigenvalue weighted by atomic mass is 16.5. The Morgan fingerprint density at radius 1 is 1.04 bits per heavy atom. The van der Waals surface area contributed by atoms with Gasteiger partial charge in [-0.15, -0.1) is 0 Å². The van der Waals surface area contributed by atoms with Gasteiger partial charge in [0.15, 0.2) is 5.78 Å². The number of carbonyl (C=O) groups excluding carboxylic acids is 2. The normalized spacial score (nSPS) is 10.2. The predicted octanol–water partition coefficient (Wildman–Crippen LogP) is 3.82. The molecule has 0 saturated heterocycles. The van der Waals surface area contributed by atoms with Gasteiger partial charge in [0, 0.05) is 11.1 Å². The van der Waals surface area contributed by atoms with Gasteiger partial charge in [0.25, 0.3) is 0 Å². The molecule has 0 aliphatic heterocycles. The molecule has 0 spiro atoms. The summed E-state index contributed by atoms with van der Waals surface area (Å²) in [6.07, 6.45) is 0.565. The fraction of sp³-hybridized carbons (Fsp3) is 0.263. The van der Waals surface area contributed by atoms with Crippen molar-refractivity contribution in [3.05, 3.63) is 64.7 Å². The van der Waals surface area contributed by atoms with Crippen molar-refractivity contribution in [1.82, 2.24) is 0 Å². The molecular weight excluding hydrogens is 292 g/mol. The van der Waals surface area contributed by atoms with Crippen LogP contribution in [0.3, 0.4) is 0 Å². The highest BCUT2D eigenvalue weighted by Crippen LogP contribution is 2.28. The van der Waals surface area contributed by atoms with Crippen molar-refractivity contribution < 1.29 is 19.1 Å². The molecule has 0 saturated carbocycles. The molecule has 0 aromatic heterocycles. The molecule has 4 nitrogen and oxygen atoms in total. The molecule has 0 bridgehead atoms. The highest BCUT2D eigenvalue weighted by Gasteiger charge is 2.22. The quantitative estimate of drug-likeness (QED) is 0.601. The number of Topliss-reactive ketones (excluding diaryl/α,β-unsaturated/α-hetero) is 1. The number of hydrogen-bond acceptors (Lipinski definition) is 4. The van der Waals surface area contributed by atoms with E-state index < -0.39 is 5.97 Å². The summed E-state index contributed by atoms with van der Waals surface area (Å²) in [5.74, 6) is -0.0892. The van der Waals surface area contributed by atoms with E-state index in [0.29, 0.717) is 35.5 Å². The number of hydrogen-bond donors (Lipinski definition) is 0. The van der Waals surface area contributed by atoms with Crippen molar-refractivity contribution in [2.24, 2.45) is 0 Å². The van der Waals surface area contributed by atoms with Crippen LogP contribution in [0.25, 0.3) is 0 Å². The Balaban J connectivity index is 2.40. The maximum atomic E-state index is 12.1. The smallest absolute Gasteiger partial charge is 0.339 e. The molecule has 2 aromatic rings. The zero-order chi connectivity index (χ0) is 16.8. The van der Waals surface area contributed by atoms with E-state index in [4.69, 9.17) is 9.47 Å². The third-order valence-electron chi connectivity index (χ3n) is 3.63. The second-order valence-corrected chi connectivity index (χ2v) is 5.14. The highest BCUT2D eigenvalue weighted by molar-refractivity contribution is 6.06. The van der Waals surface area contributed by atoms with Crippen molar-refractivity contribution >= 4 is 11.8 Å². The molecule has 0 unspecified atom stereocenters. The fourth-order valence-electron chi connectivity index (χ4n) is 2.48. The first-order valence-electron chi connectivity index (χ1n) is 7.50. The summed E-state index contributed by atoms with van der Waals surface area (Å²) < 4.78 is 10.7. The van der Waals surface area contributed by atoms with Gasteiger partial charge >= 0.3 is 5.97 Å². The van der Waals surface area contributed by atoms with Gasteiger partial charge in [0.1, 0.15) is 12.4 Å². The molecule has 0 atom stereocenters. The van der Waals surface area contributed by atoms with Crippen LogP contribution in [0.4, 0.5) is 0 Å². The summed E-state index contributed by atoms with van der Waals surface area (Å²) >= 11 is 0. The Morgan fingerprint density at radius 2 is 1.74 bits per heavy atom. The van der Waals surface area contributed by atoms with Gasteiger partial charge in [-0.25, -0.2) is 4.79 Å². The van der Waals surface area contributed by atoms with Crippen LogP contribution >= 0.6 is 0 Å². The standard InChI is InChI=1S/C19H20O4/c1-4-15-17(23-12-14-8-6-5-7-9-14)11-10-16(13(2)20)18(15)19(21)22-3/h5-11H,4,12H2,1-3H3. The molecule has 23 heavy (non-hydrogen) atoms. The number of methoxy groups -OCH3 is 1. The van der Waals surface area contributed by atoms with Crippen LogP contribution in [0.5, 0.6) is 5.75 Å². The number of esters is 1. The maximum absolute atomic E-state index is 12.1. The maximum Gasteiger partial charge on any atom is 0.339 e. The fourth-order valence-corrected chi connectivity index (χ4v) is 2.48. The first-order valence-corrected chi connectivity index (χ1v) is 7.50. The molecule has 0 aliphatic rings. The summed E-state index contributed by atoms with van der Waals surface area (Å²) in [5, 5.41) is 0. The molecule has 4 heteroatoms. The van der Waals surface area contributed by atoms with E-state index in [1.807, 2.05) is 37.3 Å². The van der Waals surface area contributed by atoms with Crippen LogP contribution in [0.2, 0.25) is 0 Å². The first kappa shape index (κ1) is 16.7. The lowest BCUT2D eigenvalue weighted by Crippen LogP contribution is -2.13. The molecule has 0 aliphatic carbocycles. The Morgan fingerprint density at radius 3 is 2.30 bits per heavy atom. The van der Waals surface area contributed by atoms with Gasteiger partial charge in [-0.05, 0) is 31.0 Å². The topological polar surface area (TPSA) is 52.6 Å². The Bertz CT molecular complexity index is 705. The van der Waals surface area contributed by atoms with Crippen LogP contribution in [0.1, 0.15) is 45.7 Å². The first-order chi connectivity index (χ1) is 11.1. The van der Waals surface area contributed by atoms with Crippen LogP contribution < -0.4 is 4.74 Å². The van der Waals surface area contributed by atoms with E-state index >= 15 is 0 Å². The third kappa shape index (κ3) is 3.77. The van der Waals surface area contributed by atoms with Gasteiger partial charge in [-0.1, -0.05) is 37.3 Å². The lowest BCUT2D eigenvalue weighted by molar-refractivity contribution is 0.0595. The van der Waals surface area contributed by atoms with Gasteiger partial charge < -0.3 is 9.47 Å². The Hall–Kier alpha value is -2.62. The largest absolute Gasteiger partial charge is 0.489 e. The molecule has 0 heterocycles. The van der Waals surface area contributed by atoms with Gasteiger partial charge in [-0.2, -0.15) is 0 Å². The van der Waals surface area contributed by atoms with Crippen LogP contribution in [0.15, 0.2) is 42.5 Å². The van der Waals surface area contributed by atoms with E-state index in [-0.39, 0.29) is 5.78 Å². The molecule has 0 radical (unpaired) electrons. The van der Waals surface area contributed by atoms with E-state index in [1.54, 1.807) is 12.1 Å². The zero-order valence-corrected chi connectivity index (χ0v) is 13.6. The molecule has 0 fully saturated rings. The van der Waals surface area contributed by atoms with Crippen LogP contribution in [-0.2, 0) is 17.8 Å². The third-order valence-corrected chi connectivity index (χ3v) is 3.63. The Labute approximate surface area is 136 Å². The van der Waals surface area contributed by atoms with Crippen molar-refractivity contribution in [3.8, 4) is 5.75 Å². The van der Waals surface area contributed by atoms with E-state index in [0.717, 1.165) is 5.56 Å². The minimum atomic E-state index is -0.516. The molecule has 0 N–H and O–H groups in total. The van der Waals surface area contributed by atoms with Gasteiger partial charge in [0.05, 0.1) is 12.7 Å². The van der Waals surface area contributed by atoms with Gasteiger partial charge in [0.2, 0.25) is 0 Å². The number of ether oxygens (including phenoxy) is 2. The Kier molecular flexibility index (Phi) is 5.52. The number of ketones is 1. The van der Waals surface area contributed by atoms with E-state index in [9.17, 15) is 9.59 Å². The van der Waals surface area contributed by atoms with E-state index in [1.165, 1.54) is 14.0 Å². The average Bonchev–Trinajstić information content (AvgIpc) is 2.59. The SMILES string of the molecule is CCc1c(OCc2ccccc2)ccc(C(C)=O)c1C(=O)OC. The molecule has 120 valence electrons. The monoisotopic (exact) mass is 312 g/mol. The van der Waals surface area contributed by atoms with Crippen LogP contribution in [0, 0.1) is 0 Å². The summed E-state index contributed by atoms with van der Waals surface area (Å²) in [7, 11) is 1.31. The van der Waals surface area contributed by atoms with Crippen molar-refractivity contribution in [1.29, 1.82) is 0 Å². The number of rotatable bonds is 6. The summed E-state index contributed by atoms with van der Waals surface area (Å²) in [4.78, 5) is 23.9. The van der Waals surface area contributed by atoms with Crippen molar-refractivity contribution in [2.45, 2.75) is 26.9 Å². The lowest BCUT2D eigenvalue weighted by Gasteiger charge is -2.16. The number of carbonyl (C=O) groups is 2. The second-order valence-electron chi connectivity index (χ2n) is 5.14. The summed E-state index contributed by atoms with van der Waals surface area (Å²) in [6.45, 7) is 3.75. The molecular formula is C19H20O4. The van der Waals surface area contributed by atoms with Gasteiger partial charge in [-0.3, -0.25) is 4.79 Å². The molecule has 2 aromatic carbocycles. The summed E-state index contributed by atoms with van der Waals surface area (Å²) in [5.41, 5.74) is 2.39. The number of benzene rings is 2. The second kappa shape index (κ2) is 7.58. The minimum Gasteiger partial charge on any atom is -0.489 e. The van der Waals surface area contributed by atoms with Crippen molar-refractivity contribution in [2.75, 3.05) is 7.11 Å². The van der Waals surface area contributed by atoms with Crippen molar-refractivity contribution in [3.63, 3.8) is 0 Å². The van der Waals surface area contributed by atoms with Crippen LogP contribution in [-0.4, -0.2) is 18.9 Å². The lowest BCUT2D eigenvalue weighted by atomic mass is 9.96. The molecule has 0 amide bonds. The average molecular weight is 312 g/mol. The molecule has 2 rings (SSSR count). The summed E-state index contributed by atoms with van der Waals surface area (Å²) in [6, 6.07) is 13.1. The zero-order valence-electron chi connectivity index (χ0n) is 13.6. The predicted molar refractivity (Wildman–Crippen MR) is 87.9 cm³/mol. The van der Waals surface area contributed by atoms with E-state index in [2.05, 4.69) is 0 Å².